The zero-order chi connectivity index (χ0) is 24.7. The molecule has 8 nitrogen and oxygen atoms in total. The highest BCUT2D eigenvalue weighted by atomic mass is 127. The molecule has 0 bridgehead atoms. The van der Waals surface area contributed by atoms with Crippen LogP contribution in [0.25, 0.3) is 0 Å². The maximum Gasteiger partial charge on any atom is 0.247 e. The smallest absolute Gasteiger partial charge is 0.247 e. The van der Waals surface area contributed by atoms with Gasteiger partial charge in [0.25, 0.3) is 0 Å². The Morgan fingerprint density at radius 3 is 2.59 bits per heavy atom. The lowest BCUT2D eigenvalue weighted by molar-refractivity contribution is -0.118. The van der Waals surface area contributed by atoms with Crippen LogP contribution in [0.2, 0.25) is 5.02 Å². The highest BCUT2D eigenvalue weighted by Gasteiger charge is 2.36. The summed E-state index contributed by atoms with van der Waals surface area (Å²) in [6, 6.07) is 10.3. The fourth-order valence-electron chi connectivity index (χ4n) is 3.67. The Bertz CT molecular complexity index is 1020. The summed E-state index contributed by atoms with van der Waals surface area (Å²) in [4.78, 5) is 12.7. The van der Waals surface area contributed by atoms with Crippen LogP contribution in [0.15, 0.2) is 48.0 Å². The molecule has 0 spiro atoms. The molecule has 0 radical (unpaired) electrons. The Kier molecular flexibility index (Phi) is 9.98. The first-order valence-corrected chi connectivity index (χ1v) is 12.2. The maximum atomic E-state index is 12.7. The van der Waals surface area contributed by atoms with E-state index in [1.807, 2.05) is 12.1 Å². The number of halogens is 2. The summed E-state index contributed by atoms with van der Waals surface area (Å²) in [5.41, 5.74) is 2.09. The quantitative estimate of drug-likeness (QED) is 0.265. The van der Waals surface area contributed by atoms with E-state index in [-0.39, 0.29) is 32.1 Å². The van der Waals surface area contributed by atoms with Crippen molar-refractivity contribution in [3.63, 3.8) is 0 Å². The fraction of sp³-hybridized carbons (Fsp3) is 0.375. The molecule has 3 atom stereocenters. The Balaban J connectivity index is 1.85. The van der Waals surface area contributed by atoms with Crippen LogP contribution < -0.4 is 20.1 Å². The van der Waals surface area contributed by atoms with E-state index >= 15 is 0 Å². The molecule has 34 heavy (non-hydrogen) atoms. The molecular weight excluding hydrogens is 575 g/mol. The number of ether oxygens (including phenoxy) is 2. The number of aliphatic hydroxyl groups excluding tert-OH is 3. The number of amides is 1. The van der Waals surface area contributed by atoms with Crippen LogP contribution >= 0.6 is 34.2 Å². The highest BCUT2D eigenvalue weighted by Crippen LogP contribution is 2.36. The first-order chi connectivity index (χ1) is 16.4. The topological polar surface area (TPSA) is 120 Å². The van der Waals surface area contributed by atoms with Crippen LogP contribution in [0, 0.1) is 3.57 Å². The first kappa shape index (κ1) is 26.7. The number of nitrogens with one attached hydrogen (secondary N) is 2. The third-order valence-electron chi connectivity index (χ3n) is 5.45. The van der Waals surface area contributed by atoms with Crippen LogP contribution in [0.4, 0.5) is 0 Å². The molecule has 184 valence electrons. The molecule has 1 aliphatic carbocycles. The van der Waals surface area contributed by atoms with Gasteiger partial charge in [-0.2, -0.15) is 0 Å². The Morgan fingerprint density at radius 1 is 1.21 bits per heavy atom. The Morgan fingerprint density at radius 2 is 1.94 bits per heavy atom. The van der Waals surface area contributed by atoms with Crippen LogP contribution in [0.3, 0.4) is 0 Å². The van der Waals surface area contributed by atoms with Gasteiger partial charge in [-0.25, -0.2) is 0 Å². The molecule has 2 aromatic rings. The second kappa shape index (κ2) is 12.7. The van der Waals surface area contributed by atoms with Gasteiger partial charge in [0.2, 0.25) is 5.91 Å². The van der Waals surface area contributed by atoms with Crippen molar-refractivity contribution >= 4 is 40.1 Å². The lowest BCUT2D eigenvalue weighted by atomic mass is 9.89. The monoisotopic (exact) mass is 602 g/mol. The zero-order valence-electron chi connectivity index (χ0n) is 18.6. The number of hydrogen-bond donors (Lipinski definition) is 5. The summed E-state index contributed by atoms with van der Waals surface area (Å²) in [5, 5.41) is 36.3. The van der Waals surface area contributed by atoms with Gasteiger partial charge in [-0.15, -0.1) is 0 Å². The van der Waals surface area contributed by atoms with E-state index in [4.69, 9.17) is 26.2 Å². The summed E-state index contributed by atoms with van der Waals surface area (Å²) in [7, 11) is 1.50. The summed E-state index contributed by atoms with van der Waals surface area (Å²) >= 11 is 8.04. The molecule has 0 aliphatic heterocycles. The predicted octanol–water partition coefficient (Wildman–Crippen LogP) is 2.15. The number of carbonyl (C=O) groups excluding carboxylic acids is 1. The summed E-state index contributed by atoms with van der Waals surface area (Å²) in [6.45, 7) is 0.265. The van der Waals surface area contributed by atoms with Gasteiger partial charge in [-0.05, 0) is 70.5 Å². The van der Waals surface area contributed by atoms with Crippen molar-refractivity contribution in [1.29, 1.82) is 0 Å². The van der Waals surface area contributed by atoms with Gasteiger partial charge < -0.3 is 35.4 Å². The van der Waals surface area contributed by atoms with Gasteiger partial charge in [0, 0.05) is 29.7 Å². The number of hydrogen-bond acceptors (Lipinski definition) is 7. The SMILES string of the molecule is COc1cc(CO)cc(I)c1O[C@H]1C=C(C(=O)NCCO)C[C@@H](NCc2ccc(Cl)cc2)[C@@H]1O. The van der Waals surface area contributed by atoms with E-state index in [0.29, 0.717) is 37.8 Å². The molecular formula is C24H28ClIN2O6. The average molecular weight is 603 g/mol. The maximum absolute atomic E-state index is 12.7. The Labute approximate surface area is 217 Å². The normalized spacial score (nSPS) is 19.9. The average Bonchev–Trinajstić information content (AvgIpc) is 2.84. The third kappa shape index (κ3) is 6.83. The number of methoxy groups -OCH3 is 1. The van der Waals surface area contributed by atoms with Crippen molar-refractivity contribution in [3.8, 4) is 11.5 Å². The van der Waals surface area contributed by atoms with E-state index in [2.05, 4.69) is 33.2 Å². The van der Waals surface area contributed by atoms with Crippen molar-refractivity contribution in [2.75, 3.05) is 20.3 Å². The lowest BCUT2D eigenvalue weighted by Crippen LogP contribution is -2.51. The van der Waals surface area contributed by atoms with Crippen molar-refractivity contribution in [3.05, 3.63) is 67.8 Å². The van der Waals surface area contributed by atoms with Gasteiger partial charge in [0.15, 0.2) is 11.5 Å². The second-order valence-electron chi connectivity index (χ2n) is 7.83. The zero-order valence-corrected chi connectivity index (χ0v) is 21.5. The minimum absolute atomic E-state index is 0.126. The van der Waals surface area contributed by atoms with Crippen molar-refractivity contribution < 1.29 is 29.6 Å². The molecule has 0 fully saturated rings. The molecule has 0 unspecified atom stereocenters. The van der Waals surface area contributed by atoms with Gasteiger partial charge >= 0.3 is 0 Å². The molecule has 0 saturated carbocycles. The van der Waals surface area contributed by atoms with E-state index in [0.717, 1.165) is 5.56 Å². The largest absolute Gasteiger partial charge is 0.493 e. The third-order valence-corrected chi connectivity index (χ3v) is 6.50. The van der Waals surface area contributed by atoms with Crippen LogP contribution in [0.5, 0.6) is 11.5 Å². The van der Waals surface area contributed by atoms with Crippen molar-refractivity contribution in [2.45, 2.75) is 37.8 Å². The van der Waals surface area contributed by atoms with Crippen LogP contribution in [-0.2, 0) is 17.9 Å². The van der Waals surface area contributed by atoms with E-state index in [9.17, 15) is 15.0 Å². The molecule has 3 rings (SSSR count). The molecule has 0 heterocycles. The van der Waals surface area contributed by atoms with Crippen molar-refractivity contribution in [1.82, 2.24) is 10.6 Å². The van der Waals surface area contributed by atoms with Gasteiger partial charge in [0.05, 0.1) is 23.9 Å². The predicted molar refractivity (Wildman–Crippen MR) is 137 cm³/mol. The standard InChI is InChI=1S/C24H28ClIN2O6/c1-33-21-9-15(13-30)8-18(26)23(21)34-20-11-16(24(32)27-6-7-29)10-19(22(20)31)28-12-14-2-4-17(25)5-3-14/h2-5,8-9,11,19-20,22,28-31H,6-7,10,12-13H2,1H3,(H,27,32)/t19-,20+,22+/m1/s1. The van der Waals surface area contributed by atoms with Crippen LogP contribution in [0.1, 0.15) is 17.5 Å². The summed E-state index contributed by atoms with van der Waals surface area (Å²) < 4.78 is 12.3. The second-order valence-corrected chi connectivity index (χ2v) is 9.43. The Hall–Kier alpha value is -1.89. The number of aliphatic hydroxyl groups is 3. The molecule has 1 amide bonds. The van der Waals surface area contributed by atoms with E-state index < -0.39 is 18.2 Å². The molecule has 2 aromatic carbocycles. The number of benzene rings is 2. The summed E-state index contributed by atoms with van der Waals surface area (Å²) in [6.07, 6.45) is 0.0881. The minimum Gasteiger partial charge on any atom is -0.493 e. The molecule has 1 aliphatic rings. The van der Waals surface area contributed by atoms with Crippen LogP contribution in [-0.4, -0.2) is 59.7 Å². The summed E-state index contributed by atoms with van der Waals surface area (Å²) in [5.74, 6) is 0.498. The van der Waals surface area contributed by atoms with Gasteiger partial charge in [-0.1, -0.05) is 23.7 Å². The number of rotatable bonds is 10. The number of carbonyl (C=O) groups is 1. The molecule has 0 saturated heterocycles. The van der Waals surface area contributed by atoms with Gasteiger partial charge in [0.1, 0.15) is 12.2 Å². The van der Waals surface area contributed by atoms with E-state index in [1.165, 1.54) is 7.11 Å². The highest BCUT2D eigenvalue weighted by molar-refractivity contribution is 14.1. The minimum atomic E-state index is -0.959. The lowest BCUT2D eigenvalue weighted by Gasteiger charge is -2.34. The molecule has 10 heteroatoms. The van der Waals surface area contributed by atoms with Gasteiger partial charge in [-0.3, -0.25) is 4.79 Å². The van der Waals surface area contributed by atoms with Crippen molar-refractivity contribution in [2.24, 2.45) is 0 Å². The molecule has 5 N–H and O–H groups in total. The van der Waals surface area contributed by atoms with E-state index in [1.54, 1.807) is 30.3 Å². The first-order valence-electron chi connectivity index (χ1n) is 10.8. The molecule has 0 aromatic heterocycles. The fourth-order valence-corrected chi connectivity index (χ4v) is 4.58.